The topological polar surface area (TPSA) is 43.4 Å². The van der Waals surface area contributed by atoms with Crippen LogP contribution in [-0.4, -0.2) is 16.6 Å². The van der Waals surface area contributed by atoms with Crippen molar-refractivity contribution in [2.75, 3.05) is 0 Å². The van der Waals surface area contributed by atoms with Crippen LogP contribution >= 0.6 is 11.6 Å². The maximum Gasteiger partial charge on any atom is 0.335 e. The van der Waals surface area contributed by atoms with Gasteiger partial charge in [-0.3, -0.25) is 4.79 Å². The lowest BCUT2D eigenvalue weighted by atomic mass is 9.92. The minimum absolute atomic E-state index is 0.455. The number of hydrogen-bond donors (Lipinski definition) is 0. The van der Waals surface area contributed by atoms with E-state index in [4.69, 9.17) is 16.3 Å². The molecule has 0 fully saturated rings. The summed E-state index contributed by atoms with van der Waals surface area (Å²) in [6, 6.07) is 27.7. The number of Topliss-reactive ketones (excluding diaryl/α,β-unsaturated/α-hetero) is 1. The molecule has 3 nitrogen and oxygen atoms in total. The van der Waals surface area contributed by atoms with Crippen molar-refractivity contribution < 1.29 is 14.3 Å². The number of fused-ring (bicyclic) bond motifs is 2. The monoisotopic (exact) mass is 416 g/mol. The van der Waals surface area contributed by atoms with E-state index >= 15 is 0 Å². The van der Waals surface area contributed by atoms with Gasteiger partial charge in [-0.1, -0.05) is 96.5 Å². The van der Waals surface area contributed by atoms with E-state index in [1.165, 1.54) is 13.8 Å². The first kappa shape index (κ1) is 20.1. The van der Waals surface area contributed by atoms with Gasteiger partial charge in [-0.15, -0.1) is 0 Å². The number of ketones is 1. The van der Waals surface area contributed by atoms with Crippen LogP contribution in [0.25, 0.3) is 21.5 Å². The molecule has 0 N–H and O–H groups in total. The van der Waals surface area contributed by atoms with E-state index in [1.54, 1.807) is 0 Å². The summed E-state index contributed by atoms with van der Waals surface area (Å²) in [6.45, 7) is 2.67. The van der Waals surface area contributed by atoms with Gasteiger partial charge in [0.2, 0.25) is 0 Å². The molecule has 0 saturated carbocycles. The second kappa shape index (κ2) is 7.92. The van der Waals surface area contributed by atoms with Crippen LogP contribution in [0.1, 0.15) is 31.1 Å². The Hall–Kier alpha value is -3.17. The zero-order chi connectivity index (χ0) is 21.3. The molecule has 4 aromatic rings. The number of benzene rings is 4. The van der Waals surface area contributed by atoms with Crippen LogP contribution in [0, 0.1) is 0 Å². The molecule has 1 unspecified atom stereocenters. The van der Waals surface area contributed by atoms with Crippen LogP contribution in [0.15, 0.2) is 84.9 Å². The number of alkyl halides is 1. The number of hydrogen-bond acceptors (Lipinski definition) is 3. The molecule has 1 atom stereocenters. The largest absolute Gasteiger partial charge is 0.451 e. The molecule has 4 rings (SSSR count). The van der Waals surface area contributed by atoms with E-state index in [0.29, 0.717) is 0 Å². The SMILES string of the molecule is CC(=O)C(C)(Cl)C(=O)OC(c1cccc2ccccc12)c1cccc2ccccc12. The molecule has 0 radical (unpaired) electrons. The number of halogens is 1. The van der Waals surface area contributed by atoms with Gasteiger partial charge >= 0.3 is 5.97 Å². The normalized spacial score (nSPS) is 13.3. The average molecular weight is 417 g/mol. The molecule has 0 saturated heterocycles. The molecular formula is C26H21ClO3. The van der Waals surface area contributed by atoms with Crippen molar-refractivity contribution in [2.45, 2.75) is 24.8 Å². The molecule has 0 aliphatic carbocycles. The van der Waals surface area contributed by atoms with E-state index in [-0.39, 0.29) is 0 Å². The van der Waals surface area contributed by atoms with Crippen LogP contribution in [0.3, 0.4) is 0 Å². The van der Waals surface area contributed by atoms with Gasteiger partial charge in [0, 0.05) is 11.1 Å². The fourth-order valence-corrected chi connectivity index (χ4v) is 3.66. The Morgan fingerprint density at radius 2 is 1.20 bits per heavy atom. The smallest absolute Gasteiger partial charge is 0.335 e. The molecule has 4 aromatic carbocycles. The first-order chi connectivity index (χ1) is 14.4. The number of rotatable bonds is 5. The Morgan fingerprint density at radius 1 is 0.767 bits per heavy atom. The van der Waals surface area contributed by atoms with Crippen molar-refractivity contribution >= 4 is 44.9 Å². The van der Waals surface area contributed by atoms with Crippen molar-refractivity contribution in [3.8, 4) is 0 Å². The Labute approximate surface area is 180 Å². The Kier molecular flexibility index (Phi) is 5.31. The minimum Gasteiger partial charge on any atom is -0.451 e. The van der Waals surface area contributed by atoms with Crippen molar-refractivity contribution in [3.05, 3.63) is 96.1 Å². The summed E-state index contributed by atoms with van der Waals surface area (Å²) in [6.07, 6.45) is -0.716. The van der Waals surface area contributed by atoms with Crippen molar-refractivity contribution in [2.24, 2.45) is 0 Å². The predicted molar refractivity (Wildman–Crippen MR) is 121 cm³/mol. The summed E-state index contributed by atoms with van der Waals surface area (Å²) >= 11 is 6.25. The lowest BCUT2D eigenvalue weighted by Crippen LogP contribution is -2.38. The molecule has 0 amide bonds. The van der Waals surface area contributed by atoms with Gasteiger partial charge in [0.1, 0.15) is 0 Å². The van der Waals surface area contributed by atoms with E-state index in [0.717, 1.165) is 32.7 Å². The molecule has 0 aromatic heterocycles. The summed E-state index contributed by atoms with van der Waals surface area (Å²) in [5.74, 6) is -1.22. The van der Waals surface area contributed by atoms with Crippen LogP contribution in [0.2, 0.25) is 0 Å². The summed E-state index contributed by atoms with van der Waals surface area (Å²) in [5, 5.41) is 4.03. The highest BCUT2D eigenvalue weighted by atomic mass is 35.5. The molecule has 4 heteroatoms. The van der Waals surface area contributed by atoms with Gasteiger partial charge in [0.15, 0.2) is 16.8 Å². The Morgan fingerprint density at radius 3 is 1.67 bits per heavy atom. The standard InChI is InChI=1S/C26H21ClO3/c1-17(28)26(2,27)25(29)30-24(22-15-7-11-18-9-3-5-13-20(18)22)23-16-8-12-19-10-4-6-14-21(19)23/h3-16,24H,1-2H3. The van der Waals surface area contributed by atoms with Gasteiger partial charge in [-0.25, -0.2) is 4.79 Å². The molecular weight excluding hydrogens is 396 g/mol. The number of ether oxygens (including phenoxy) is 1. The number of carbonyl (C=O) groups excluding carboxylic acids is 2. The molecule has 30 heavy (non-hydrogen) atoms. The fraction of sp³-hybridized carbons (Fsp3) is 0.154. The van der Waals surface area contributed by atoms with Crippen LogP contribution < -0.4 is 0 Å². The summed E-state index contributed by atoms with van der Waals surface area (Å²) in [5.41, 5.74) is 1.68. The molecule has 0 heterocycles. The van der Waals surface area contributed by atoms with Crippen LogP contribution in [0.5, 0.6) is 0 Å². The molecule has 0 bridgehead atoms. The van der Waals surface area contributed by atoms with E-state index in [9.17, 15) is 9.59 Å². The quantitative estimate of drug-likeness (QED) is 0.220. The third-order valence-corrected chi connectivity index (χ3v) is 5.90. The van der Waals surface area contributed by atoms with Crippen molar-refractivity contribution in [1.29, 1.82) is 0 Å². The first-order valence-corrected chi connectivity index (χ1v) is 10.1. The predicted octanol–water partition coefficient (Wildman–Crippen LogP) is 6.21. The zero-order valence-corrected chi connectivity index (χ0v) is 17.5. The second-order valence-electron chi connectivity index (χ2n) is 7.48. The molecule has 0 aliphatic rings. The zero-order valence-electron chi connectivity index (χ0n) is 16.8. The van der Waals surface area contributed by atoms with Crippen molar-refractivity contribution in [1.82, 2.24) is 0 Å². The summed E-state index contributed by atoms with van der Waals surface area (Å²) in [7, 11) is 0. The summed E-state index contributed by atoms with van der Waals surface area (Å²) in [4.78, 5) is 23.2. The highest BCUT2D eigenvalue weighted by Crippen LogP contribution is 2.37. The Balaban J connectivity index is 1.93. The van der Waals surface area contributed by atoms with Gasteiger partial charge in [-0.2, -0.15) is 0 Å². The van der Waals surface area contributed by atoms with E-state index < -0.39 is 22.7 Å². The van der Waals surface area contributed by atoms with Gasteiger partial charge in [-0.05, 0) is 35.4 Å². The van der Waals surface area contributed by atoms with Crippen LogP contribution in [0.4, 0.5) is 0 Å². The second-order valence-corrected chi connectivity index (χ2v) is 8.24. The molecule has 0 aliphatic heterocycles. The fourth-order valence-electron chi connectivity index (χ4n) is 3.61. The maximum atomic E-state index is 13.0. The van der Waals surface area contributed by atoms with Crippen molar-refractivity contribution in [3.63, 3.8) is 0 Å². The van der Waals surface area contributed by atoms with Gasteiger partial charge < -0.3 is 4.74 Å². The summed E-state index contributed by atoms with van der Waals surface area (Å²) < 4.78 is 5.97. The third-order valence-electron chi connectivity index (χ3n) is 5.48. The first-order valence-electron chi connectivity index (χ1n) is 9.76. The lowest BCUT2D eigenvalue weighted by Gasteiger charge is -2.25. The third kappa shape index (κ3) is 3.57. The van der Waals surface area contributed by atoms with Gasteiger partial charge in [0.05, 0.1) is 0 Å². The highest BCUT2D eigenvalue weighted by molar-refractivity contribution is 6.45. The maximum absolute atomic E-state index is 13.0. The number of carbonyl (C=O) groups is 2. The average Bonchev–Trinajstić information content (AvgIpc) is 2.76. The minimum atomic E-state index is -1.74. The molecule has 150 valence electrons. The Bertz CT molecular complexity index is 1170. The van der Waals surface area contributed by atoms with Crippen LogP contribution in [-0.2, 0) is 14.3 Å². The van der Waals surface area contributed by atoms with Gasteiger partial charge in [0.25, 0.3) is 0 Å². The van der Waals surface area contributed by atoms with E-state index in [2.05, 4.69) is 0 Å². The lowest BCUT2D eigenvalue weighted by molar-refractivity contribution is -0.152. The highest BCUT2D eigenvalue weighted by Gasteiger charge is 2.40. The number of esters is 1. The molecule has 0 spiro atoms. The van der Waals surface area contributed by atoms with E-state index in [1.807, 2.05) is 84.9 Å².